The van der Waals surface area contributed by atoms with Gasteiger partial charge in [0.1, 0.15) is 17.8 Å². The standard InChI is InChI=1S/C31H41N6OS/c1-36-28(9-5-6-17-32)22-37(35-36)27-12-13-29(30(21-27)38-20-16-25-14-18-33-19-15-25)31-34-26(23-39-31)11-10-24-7-3-2-4-8-24/h2-4,7-8,12-13,21-23,25,33H,5-6,9-11,14-20,32H2,1H3/q+1. The first-order valence-corrected chi connectivity index (χ1v) is 15.2. The average molecular weight is 546 g/mol. The maximum absolute atomic E-state index is 6.50. The number of hydrogen-bond acceptors (Lipinski definition) is 6. The normalized spacial score (nSPS) is 14.1. The number of piperidine rings is 1. The summed E-state index contributed by atoms with van der Waals surface area (Å²) >= 11 is 1.70. The third kappa shape index (κ3) is 7.53. The highest BCUT2D eigenvalue weighted by Crippen LogP contribution is 2.34. The summed E-state index contributed by atoms with van der Waals surface area (Å²) in [6.07, 6.45) is 10.6. The summed E-state index contributed by atoms with van der Waals surface area (Å²) in [6, 6.07) is 17.0. The predicted octanol–water partition coefficient (Wildman–Crippen LogP) is 4.66. The van der Waals surface area contributed by atoms with Crippen LogP contribution in [0.25, 0.3) is 16.3 Å². The maximum Gasteiger partial charge on any atom is 0.167 e. The lowest BCUT2D eigenvalue weighted by Gasteiger charge is -2.22. The monoisotopic (exact) mass is 545 g/mol. The van der Waals surface area contributed by atoms with Gasteiger partial charge in [0.05, 0.1) is 23.1 Å². The summed E-state index contributed by atoms with van der Waals surface area (Å²) in [5, 5.41) is 11.4. The number of nitrogens with two attached hydrogens (primary N) is 1. The fourth-order valence-corrected chi connectivity index (χ4v) is 6.06. The first kappa shape index (κ1) is 27.5. The predicted molar refractivity (Wildman–Crippen MR) is 157 cm³/mol. The molecule has 3 heterocycles. The number of rotatable bonds is 13. The summed E-state index contributed by atoms with van der Waals surface area (Å²) in [7, 11) is 2.01. The number of thiazole rings is 1. The molecule has 2 aromatic heterocycles. The quantitative estimate of drug-likeness (QED) is 0.189. The number of hydrogen-bond donors (Lipinski definition) is 2. The van der Waals surface area contributed by atoms with E-state index in [0.717, 1.165) is 91.8 Å². The first-order valence-electron chi connectivity index (χ1n) is 14.3. The molecule has 0 saturated carbocycles. The fraction of sp³-hybridized carbons (Fsp3) is 0.452. The lowest BCUT2D eigenvalue weighted by molar-refractivity contribution is -0.661. The van der Waals surface area contributed by atoms with Crippen molar-refractivity contribution in [3.8, 4) is 22.0 Å². The molecule has 1 fully saturated rings. The third-order valence-electron chi connectivity index (χ3n) is 7.57. The molecule has 1 aliphatic heterocycles. The van der Waals surface area contributed by atoms with Crippen molar-refractivity contribution in [2.24, 2.45) is 18.7 Å². The highest BCUT2D eigenvalue weighted by atomic mass is 32.1. The SMILES string of the molecule is Cn1n[n+](-c2ccc(-c3nc(CCc4ccccc4)cs3)c(OCCC3CCNCC3)c2)cc1CCCCN. The van der Waals surface area contributed by atoms with E-state index in [1.54, 1.807) is 11.3 Å². The first-order chi connectivity index (χ1) is 19.2. The van der Waals surface area contributed by atoms with Crippen LogP contribution in [0.2, 0.25) is 0 Å². The molecule has 206 valence electrons. The lowest BCUT2D eigenvalue weighted by atomic mass is 9.95. The molecule has 8 heteroatoms. The minimum absolute atomic E-state index is 0.713. The Morgan fingerprint density at radius 3 is 2.74 bits per heavy atom. The van der Waals surface area contributed by atoms with E-state index < -0.39 is 0 Å². The molecule has 2 aromatic carbocycles. The van der Waals surface area contributed by atoms with Gasteiger partial charge in [-0.05, 0) is 88.2 Å². The van der Waals surface area contributed by atoms with Gasteiger partial charge in [0.25, 0.3) is 0 Å². The zero-order chi connectivity index (χ0) is 26.9. The Balaban J connectivity index is 1.34. The number of nitrogens with zero attached hydrogens (tertiary/aromatic N) is 4. The van der Waals surface area contributed by atoms with Crippen LogP contribution >= 0.6 is 11.3 Å². The fourth-order valence-electron chi connectivity index (χ4n) is 5.17. The van der Waals surface area contributed by atoms with Crippen molar-refractivity contribution in [2.75, 3.05) is 26.2 Å². The molecule has 4 aromatic rings. The van der Waals surface area contributed by atoms with E-state index in [1.165, 1.54) is 24.1 Å². The molecule has 3 N–H and O–H groups in total. The Hall–Kier alpha value is -3.07. The molecule has 1 saturated heterocycles. The Morgan fingerprint density at radius 1 is 1.08 bits per heavy atom. The highest BCUT2D eigenvalue weighted by Gasteiger charge is 2.19. The second kappa shape index (κ2) is 13.8. The van der Waals surface area contributed by atoms with Crippen LogP contribution in [0, 0.1) is 5.92 Å². The zero-order valence-corrected chi connectivity index (χ0v) is 23.8. The van der Waals surface area contributed by atoms with Gasteiger partial charge in [0, 0.05) is 17.9 Å². The van der Waals surface area contributed by atoms with E-state index in [2.05, 4.69) is 65.4 Å². The average Bonchev–Trinajstić information content (AvgIpc) is 3.60. The van der Waals surface area contributed by atoms with E-state index in [0.29, 0.717) is 6.61 Å². The molecule has 0 unspecified atom stereocenters. The van der Waals surface area contributed by atoms with Gasteiger partial charge in [-0.25, -0.2) is 4.98 Å². The van der Waals surface area contributed by atoms with Crippen molar-refractivity contribution in [2.45, 2.75) is 51.4 Å². The van der Waals surface area contributed by atoms with Crippen LogP contribution in [0.5, 0.6) is 5.75 Å². The van der Waals surface area contributed by atoms with Gasteiger partial charge in [-0.3, -0.25) is 0 Å². The van der Waals surface area contributed by atoms with Gasteiger partial charge in [-0.1, -0.05) is 30.3 Å². The van der Waals surface area contributed by atoms with Crippen molar-refractivity contribution in [1.82, 2.24) is 20.2 Å². The Kier molecular flexibility index (Phi) is 9.75. The summed E-state index contributed by atoms with van der Waals surface area (Å²) in [5.74, 6) is 1.61. The topological polar surface area (TPSA) is 81.9 Å². The number of unbranched alkanes of at least 4 members (excludes halogenated alkanes) is 1. The molecule has 1 aliphatic rings. The largest absolute Gasteiger partial charge is 0.493 e. The van der Waals surface area contributed by atoms with Crippen LogP contribution in [-0.2, 0) is 26.3 Å². The van der Waals surface area contributed by atoms with E-state index in [9.17, 15) is 0 Å². The number of nitrogens with one attached hydrogen (secondary N) is 1. The Bertz CT molecular complexity index is 1310. The van der Waals surface area contributed by atoms with Crippen LogP contribution < -0.4 is 20.5 Å². The molecule has 39 heavy (non-hydrogen) atoms. The molecule has 5 rings (SSSR count). The number of aryl methyl sites for hydroxylation is 4. The minimum atomic E-state index is 0.713. The van der Waals surface area contributed by atoms with Crippen LogP contribution in [0.4, 0.5) is 0 Å². The zero-order valence-electron chi connectivity index (χ0n) is 23.0. The summed E-state index contributed by atoms with van der Waals surface area (Å²) < 4.78 is 10.4. The van der Waals surface area contributed by atoms with Crippen LogP contribution in [0.3, 0.4) is 0 Å². The summed E-state index contributed by atoms with van der Waals surface area (Å²) in [4.78, 5) is 5.01. The second-order valence-electron chi connectivity index (χ2n) is 10.5. The second-order valence-corrected chi connectivity index (χ2v) is 11.3. The highest BCUT2D eigenvalue weighted by molar-refractivity contribution is 7.13. The maximum atomic E-state index is 6.50. The lowest BCUT2D eigenvalue weighted by Crippen LogP contribution is -2.33. The summed E-state index contributed by atoms with van der Waals surface area (Å²) in [6.45, 7) is 3.66. The molecule has 0 aliphatic carbocycles. The Labute approximate surface area is 236 Å². The van der Waals surface area contributed by atoms with Crippen molar-refractivity contribution >= 4 is 11.3 Å². The minimum Gasteiger partial charge on any atom is -0.493 e. The van der Waals surface area contributed by atoms with Gasteiger partial charge in [0.15, 0.2) is 17.6 Å². The molecule has 0 spiro atoms. The van der Waals surface area contributed by atoms with Gasteiger partial charge in [-0.15, -0.1) is 20.7 Å². The van der Waals surface area contributed by atoms with E-state index >= 15 is 0 Å². The van der Waals surface area contributed by atoms with Gasteiger partial charge < -0.3 is 15.8 Å². The molecule has 0 amide bonds. The third-order valence-corrected chi connectivity index (χ3v) is 8.50. The van der Waals surface area contributed by atoms with Crippen molar-refractivity contribution in [1.29, 1.82) is 0 Å². The van der Waals surface area contributed by atoms with Crippen LogP contribution in [0.1, 0.15) is 49.1 Å². The number of aromatic nitrogens is 4. The van der Waals surface area contributed by atoms with Gasteiger partial charge in [-0.2, -0.15) is 0 Å². The molecule has 0 bridgehead atoms. The smallest absolute Gasteiger partial charge is 0.167 e. The van der Waals surface area contributed by atoms with Crippen molar-refractivity contribution in [3.05, 3.63) is 77.1 Å². The Morgan fingerprint density at radius 2 is 1.92 bits per heavy atom. The van der Waals surface area contributed by atoms with Gasteiger partial charge in [0.2, 0.25) is 0 Å². The van der Waals surface area contributed by atoms with Gasteiger partial charge >= 0.3 is 0 Å². The molecular formula is C31H41N6OS+. The van der Waals surface area contributed by atoms with Crippen molar-refractivity contribution in [3.63, 3.8) is 0 Å². The van der Waals surface area contributed by atoms with E-state index in [-0.39, 0.29) is 0 Å². The number of benzene rings is 2. The molecule has 0 atom stereocenters. The molecular weight excluding hydrogens is 504 g/mol. The van der Waals surface area contributed by atoms with E-state index in [4.69, 9.17) is 20.7 Å². The number of ether oxygens (including phenoxy) is 1. The van der Waals surface area contributed by atoms with Crippen molar-refractivity contribution < 1.29 is 9.42 Å². The summed E-state index contributed by atoms with van der Waals surface area (Å²) in [5.41, 5.74) is 11.4. The van der Waals surface area contributed by atoms with Crippen LogP contribution in [0.15, 0.2) is 60.1 Å². The van der Waals surface area contributed by atoms with E-state index in [1.807, 2.05) is 16.4 Å². The molecule has 7 nitrogen and oxygen atoms in total. The molecule has 0 radical (unpaired) electrons. The van der Waals surface area contributed by atoms with Crippen LogP contribution in [-0.4, -0.2) is 41.1 Å².